The van der Waals surface area contributed by atoms with Gasteiger partial charge in [-0.15, -0.1) is 0 Å². The summed E-state index contributed by atoms with van der Waals surface area (Å²) in [5.41, 5.74) is 3.29. The van der Waals surface area contributed by atoms with Gasteiger partial charge >= 0.3 is 0 Å². The molecular formula is C15H22. The molecule has 1 aliphatic rings. The predicted molar refractivity (Wildman–Crippen MR) is 66.2 cm³/mol. The topological polar surface area (TPSA) is 0 Å². The maximum Gasteiger partial charge on any atom is -0.0132 e. The Morgan fingerprint density at radius 2 is 1.93 bits per heavy atom. The monoisotopic (exact) mass is 202 g/mol. The summed E-state index contributed by atoms with van der Waals surface area (Å²) in [5, 5.41) is 0. The van der Waals surface area contributed by atoms with E-state index in [1.807, 2.05) is 0 Å². The minimum atomic E-state index is 0.287. The average molecular weight is 202 g/mol. The molecule has 0 aromatic heterocycles. The lowest BCUT2D eigenvalue weighted by Gasteiger charge is -2.26. The van der Waals surface area contributed by atoms with Crippen molar-refractivity contribution in [1.82, 2.24) is 0 Å². The van der Waals surface area contributed by atoms with Crippen molar-refractivity contribution in [3.05, 3.63) is 35.4 Å². The fourth-order valence-corrected chi connectivity index (χ4v) is 2.20. The van der Waals surface area contributed by atoms with E-state index in [0.29, 0.717) is 0 Å². The molecule has 0 saturated heterocycles. The van der Waals surface area contributed by atoms with Gasteiger partial charge in [-0.05, 0) is 28.9 Å². The van der Waals surface area contributed by atoms with Crippen LogP contribution in [-0.4, -0.2) is 0 Å². The van der Waals surface area contributed by atoms with Gasteiger partial charge in [-0.25, -0.2) is 0 Å². The van der Waals surface area contributed by atoms with Crippen LogP contribution >= 0.6 is 0 Å². The van der Waals surface area contributed by atoms with Gasteiger partial charge in [-0.2, -0.15) is 0 Å². The molecule has 0 heterocycles. The zero-order valence-corrected chi connectivity index (χ0v) is 10.2. The summed E-state index contributed by atoms with van der Waals surface area (Å²) >= 11 is 0. The van der Waals surface area contributed by atoms with Crippen LogP contribution in [0, 0.1) is 5.92 Å². The average Bonchev–Trinajstić information content (AvgIpc) is 2.11. The van der Waals surface area contributed by atoms with Gasteiger partial charge in [0.2, 0.25) is 0 Å². The van der Waals surface area contributed by atoms with Crippen molar-refractivity contribution in [3.8, 4) is 0 Å². The van der Waals surface area contributed by atoms with E-state index in [2.05, 4.69) is 45.0 Å². The minimum Gasteiger partial charge on any atom is -0.0617 e. The molecule has 0 bridgehead atoms. The van der Waals surface area contributed by atoms with Gasteiger partial charge in [0.05, 0.1) is 0 Å². The smallest absolute Gasteiger partial charge is 0.0132 e. The van der Waals surface area contributed by atoms with Crippen molar-refractivity contribution < 1.29 is 0 Å². The maximum absolute atomic E-state index is 2.40. The van der Waals surface area contributed by atoms with Crippen LogP contribution in [0.1, 0.15) is 51.2 Å². The van der Waals surface area contributed by atoms with Crippen LogP contribution in [0.5, 0.6) is 0 Å². The van der Waals surface area contributed by atoms with Crippen molar-refractivity contribution in [1.29, 1.82) is 0 Å². The molecule has 1 aliphatic carbocycles. The highest BCUT2D eigenvalue weighted by molar-refractivity contribution is 5.29. The molecule has 0 atom stereocenters. The summed E-state index contributed by atoms with van der Waals surface area (Å²) < 4.78 is 0. The number of benzene rings is 1. The highest BCUT2D eigenvalue weighted by atomic mass is 14.2. The molecule has 0 N–H and O–H groups in total. The second kappa shape index (κ2) is 4.00. The predicted octanol–water partition coefficient (Wildman–Crippen LogP) is 4.33. The van der Waals surface area contributed by atoms with Crippen LogP contribution in [-0.2, 0) is 11.8 Å². The second-order valence-electron chi connectivity index (χ2n) is 5.95. The standard InChI is InChI=1S/C15H22/c1-15(2,3)14-9-5-8-13(11-14)10-12-6-4-7-12/h5,8-9,11-12H,4,6-7,10H2,1-3H3. The summed E-state index contributed by atoms with van der Waals surface area (Å²) in [5.74, 6) is 0.972. The zero-order valence-electron chi connectivity index (χ0n) is 10.2. The molecule has 0 nitrogen and oxygen atoms in total. The molecule has 15 heavy (non-hydrogen) atoms. The third-order valence-electron chi connectivity index (χ3n) is 3.54. The van der Waals surface area contributed by atoms with Gasteiger partial charge in [0, 0.05) is 0 Å². The summed E-state index contributed by atoms with van der Waals surface area (Å²) in [6.45, 7) is 6.86. The van der Waals surface area contributed by atoms with Crippen molar-refractivity contribution in [3.63, 3.8) is 0 Å². The van der Waals surface area contributed by atoms with Crippen LogP contribution < -0.4 is 0 Å². The maximum atomic E-state index is 2.40. The first-order valence-corrected chi connectivity index (χ1v) is 6.15. The Balaban J connectivity index is 2.11. The lowest BCUT2D eigenvalue weighted by Crippen LogP contribution is -2.15. The van der Waals surface area contributed by atoms with Gasteiger partial charge in [-0.1, -0.05) is 64.3 Å². The molecule has 0 amide bonds. The Hall–Kier alpha value is -0.780. The van der Waals surface area contributed by atoms with Crippen molar-refractivity contribution in [2.24, 2.45) is 5.92 Å². The lowest BCUT2D eigenvalue weighted by molar-refractivity contribution is 0.314. The van der Waals surface area contributed by atoms with E-state index in [9.17, 15) is 0 Å². The minimum absolute atomic E-state index is 0.287. The van der Waals surface area contributed by atoms with Crippen LogP contribution in [0.3, 0.4) is 0 Å². The first-order valence-electron chi connectivity index (χ1n) is 6.15. The SMILES string of the molecule is CC(C)(C)c1cccc(CC2CCC2)c1. The van der Waals surface area contributed by atoms with E-state index < -0.39 is 0 Å². The summed E-state index contributed by atoms with van der Waals surface area (Å²) in [6.07, 6.45) is 5.63. The van der Waals surface area contributed by atoms with E-state index in [0.717, 1.165) is 5.92 Å². The summed E-state index contributed by atoms with van der Waals surface area (Å²) in [4.78, 5) is 0. The molecule has 0 unspecified atom stereocenters. The lowest BCUT2D eigenvalue weighted by atomic mass is 9.79. The first-order chi connectivity index (χ1) is 7.05. The third-order valence-corrected chi connectivity index (χ3v) is 3.54. The van der Waals surface area contributed by atoms with Crippen molar-refractivity contribution in [2.75, 3.05) is 0 Å². The summed E-state index contributed by atoms with van der Waals surface area (Å²) in [7, 11) is 0. The Morgan fingerprint density at radius 3 is 2.47 bits per heavy atom. The largest absolute Gasteiger partial charge is 0.0617 e. The number of hydrogen-bond donors (Lipinski definition) is 0. The number of hydrogen-bond acceptors (Lipinski definition) is 0. The molecule has 1 aromatic rings. The molecule has 1 saturated carbocycles. The third kappa shape index (κ3) is 2.62. The fraction of sp³-hybridized carbons (Fsp3) is 0.600. The van der Waals surface area contributed by atoms with Gasteiger partial charge in [0.1, 0.15) is 0 Å². The highest BCUT2D eigenvalue weighted by Crippen LogP contribution is 2.31. The molecular weight excluding hydrogens is 180 g/mol. The summed E-state index contributed by atoms with van der Waals surface area (Å²) in [6, 6.07) is 9.16. The van der Waals surface area contributed by atoms with E-state index in [4.69, 9.17) is 0 Å². The van der Waals surface area contributed by atoms with Crippen LogP contribution in [0.15, 0.2) is 24.3 Å². The van der Waals surface area contributed by atoms with Gasteiger partial charge in [-0.3, -0.25) is 0 Å². The van der Waals surface area contributed by atoms with Crippen LogP contribution in [0.25, 0.3) is 0 Å². The highest BCUT2D eigenvalue weighted by Gasteiger charge is 2.19. The second-order valence-corrected chi connectivity index (χ2v) is 5.95. The first kappa shape index (κ1) is 10.7. The number of rotatable bonds is 2. The van der Waals surface area contributed by atoms with E-state index in [1.165, 1.54) is 36.8 Å². The Kier molecular flexibility index (Phi) is 2.86. The van der Waals surface area contributed by atoms with E-state index in [-0.39, 0.29) is 5.41 Å². The quantitative estimate of drug-likeness (QED) is 0.669. The Bertz CT molecular complexity index is 326. The van der Waals surface area contributed by atoms with Crippen LogP contribution in [0.2, 0.25) is 0 Å². The van der Waals surface area contributed by atoms with Gasteiger partial charge < -0.3 is 0 Å². The van der Waals surface area contributed by atoms with Crippen molar-refractivity contribution in [2.45, 2.75) is 51.9 Å². The molecule has 1 fully saturated rings. The van der Waals surface area contributed by atoms with Crippen molar-refractivity contribution >= 4 is 0 Å². The Morgan fingerprint density at radius 1 is 1.20 bits per heavy atom. The zero-order chi connectivity index (χ0) is 10.9. The van der Waals surface area contributed by atoms with Gasteiger partial charge in [0.25, 0.3) is 0 Å². The normalized spacial score (nSPS) is 17.5. The van der Waals surface area contributed by atoms with E-state index >= 15 is 0 Å². The molecule has 0 spiro atoms. The fourth-order valence-electron chi connectivity index (χ4n) is 2.20. The molecule has 82 valence electrons. The molecule has 0 heteroatoms. The Labute approximate surface area is 93.7 Å². The molecule has 2 rings (SSSR count). The van der Waals surface area contributed by atoms with Gasteiger partial charge in [0.15, 0.2) is 0 Å². The molecule has 1 aromatic carbocycles. The van der Waals surface area contributed by atoms with Crippen LogP contribution in [0.4, 0.5) is 0 Å². The van der Waals surface area contributed by atoms with E-state index in [1.54, 1.807) is 0 Å². The molecule has 0 aliphatic heterocycles. The molecule has 0 radical (unpaired) electrons.